The van der Waals surface area contributed by atoms with E-state index in [9.17, 15) is 9.90 Å². The van der Waals surface area contributed by atoms with Crippen LogP contribution in [0.1, 0.15) is 29.5 Å². The fourth-order valence-electron chi connectivity index (χ4n) is 2.16. The van der Waals surface area contributed by atoms with E-state index in [2.05, 4.69) is 0 Å². The number of hydrogen-bond acceptors (Lipinski definition) is 2. The maximum Gasteiger partial charge on any atom is 0.310 e. The van der Waals surface area contributed by atoms with E-state index in [1.807, 2.05) is 18.2 Å². The Balaban J connectivity index is 2.46. The Morgan fingerprint density at radius 3 is 2.55 bits per heavy atom. The molecule has 1 atom stereocenters. The molecule has 0 heterocycles. The minimum absolute atomic E-state index is 0.0931. The van der Waals surface area contributed by atoms with Crippen molar-refractivity contribution in [3.05, 3.63) is 64.2 Å². The van der Waals surface area contributed by atoms with E-state index < -0.39 is 11.9 Å². The van der Waals surface area contributed by atoms with Crippen LogP contribution in [0.5, 0.6) is 5.75 Å². The second-order valence-electron chi connectivity index (χ2n) is 4.67. The highest BCUT2D eigenvalue weighted by Crippen LogP contribution is 2.31. The number of rotatable bonds is 4. The molecule has 0 fully saturated rings. The minimum Gasteiger partial charge on any atom is -0.508 e. The van der Waals surface area contributed by atoms with Crippen molar-refractivity contribution >= 4 is 17.6 Å². The van der Waals surface area contributed by atoms with Gasteiger partial charge in [-0.2, -0.15) is 0 Å². The zero-order chi connectivity index (χ0) is 14.7. The summed E-state index contributed by atoms with van der Waals surface area (Å²) in [7, 11) is 0. The van der Waals surface area contributed by atoms with Gasteiger partial charge in [-0.25, -0.2) is 0 Å². The molecule has 0 aliphatic heterocycles. The Hall–Kier alpha value is -2.00. The van der Waals surface area contributed by atoms with Gasteiger partial charge in [-0.3, -0.25) is 4.79 Å². The molecule has 0 aliphatic rings. The standard InChI is InChI=1S/C16H15ClO3/c1-10(16(19)20)12-6-4-8-15(18)13(12)9-11-5-2-3-7-14(11)17/h2-8,10,18H,9H2,1H3,(H,19,20). The highest BCUT2D eigenvalue weighted by atomic mass is 35.5. The topological polar surface area (TPSA) is 57.5 Å². The molecule has 2 aromatic carbocycles. The molecule has 2 rings (SSSR count). The van der Waals surface area contributed by atoms with Crippen LogP contribution in [0.4, 0.5) is 0 Å². The van der Waals surface area contributed by atoms with Crippen molar-refractivity contribution in [3.8, 4) is 5.75 Å². The molecular weight excluding hydrogens is 276 g/mol. The van der Waals surface area contributed by atoms with Gasteiger partial charge in [-0.1, -0.05) is 41.9 Å². The summed E-state index contributed by atoms with van der Waals surface area (Å²) in [6.07, 6.45) is 0.402. The molecule has 0 saturated carbocycles. The molecule has 2 aromatic rings. The van der Waals surface area contributed by atoms with Crippen LogP contribution in [0.3, 0.4) is 0 Å². The fourth-order valence-corrected chi connectivity index (χ4v) is 2.36. The van der Waals surface area contributed by atoms with Gasteiger partial charge in [0.1, 0.15) is 5.75 Å². The first kappa shape index (κ1) is 14.4. The van der Waals surface area contributed by atoms with Gasteiger partial charge in [-0.15, -0.1) is 0 Å². The average Bonchev–Trinajstić information content (AvgIpc) is 2.42. The van der Waals surface area contributed by atoms with Crippen LogP contribution in [-0.4, -0.2) is 16.2 Å². The Kier molecular flexibility index (Phi) is 4.30. The number of halogens is 1. The molecule has 104 valence electrons. The van der Waals surface area contributed by atoms with Crippen molar-refractivity contribution in [2.24, 2.45) is 0 Å². The quantitative estimate of drug-likeness (QED) is 0.900. The van der Waals surface area contributed by atoms with Crippen molar-refractivity contribution < 1.29 is 15.0 Å². The summed E-state index contributed by atoms with van der Waals surface area (Å²) in [4.78, 5) is 11.2. The van der Waals surface area contributed by atoms with Crippen LogP contribution < -0.4 is 0 Å². The van der Waals surface area contributed by atoms with Crippen molar-refractivity contribution in [1.29, 1.82) is 0 Å². The third-order valence-electron chi connectivity index (χ3n) is 3.35. The molecule has 3 nitrogen and oxygen atoms in total. The summed E-state index contributed by atoms with van der Waals surface area (Å²) >= 11 is 6.12. The average molecular weight is 291 g/mol. The summed E-state index contributed by atoms with van der Waals surface area (Å²) in [5.41, 5.74) is 2.07. The summed E-state index contributed by atoms with van der Waals surface area (Å²) < 4.78 is 0. The zero-order valence-corrected chi connectivity index (χ0v) is 11.8. The van der Waals surface area contributed by atoms with E-state index in [-0.39, 0.29) is 5.75 Å². The summed E-state index contributed by atoms with van der Waals surface area (Å²) in [6.45, 7) is 1.60. The highest BCUT2D eigenvalue weighted by molar-refractivity contribution is 6.31. The molecule has 0 spiro atoms. The summed E-state index contributed by atoms with van der Waals surface area (Å²) in [6, 6.07) is 12.3. The third-order valence-corrected chi connectivity index (χ3v) is 3.72. The molecular formula is C16H15ClO3. The Morgan fingerprint density at radius 1 is 1.20 bits per heavy atom. The van der Waals surface area contributed by atoms with Gasteiger partial charge in [0.2, 0.25) is 0 Å². The number of aromatic hydroxyl groups is 1. The lowest BCUT2D eigenvalue weighted by molar-refractivity contribution is -0.138. The largest absolute Gasteiger partial charge is 0.508 e. The molecule has 0 radical (unpaired) electrons. The molecule has 0 aromatic heterocycles. The van der Waals surface area contributed by atoms with E-state index in [0.717, 1.165) is 5.56 Å². The lowest BCUT2D eigenvalue weighted by Crippen LogP contribution is -2.10. The minimum atomic E-state index is -0.920. The van der Waals surface area contributed by atoms with Gasteiger partial charge in [0, 0.05) is 17.0 Å². The number of carboxylic acids is 1. The van der Waals surface area contributed by atoms with Crippen molar-refractivity contribution in [2.75, 3.05) is 0 Å². The normalized spacial score (nSPS) is 12.1. The van der Waals surface area contributed by atoms with E-state index in [1.165, 1.54) is 0 Å². The SMILES string of the molecule is CC(C(=O)O)c1cccc(O)c1Cc1ccccc1Cl. The fraction of sp³-hybridized carbons (Fsp3) is 0.188. The number of aliphatic carboxylic acids is 1. The third kappa shape index (κ3) is 2.94. The van der Waals surface area contributed by atoms with Gasteiger partial charge >= 0.3 is 5.97 Å². The number of carbonyl (C=O) groups is 1. The van der Waals surface area contributed by atoms with Crippen molar-refractivity contribution in [1.82, 2.24) is 0 Å². The van der Waals surface area contributed by atoms with Gasteiger partial charge in [0.15, 0.2) is 0 Å². The van der Waals surface area contributed by atoms with Crippen molar-refractivity contribution in [2.45, 2.75) is 19.3 Å². The second-order valence-corrected chi connectivity index (χ2v) is 5.08. The van der Waals surface area contributed by atoms with Crippen LogP contribution in [-0.2, 0) is 11.2 Å². The van der Waals surface area contributed by atoms with E-state index in [1.54, 1.807) is 31.2 Å². The van der Waals surface area contributed by atoms with Crippen molar-refractivity contribution in [3.63, 3.8) is 0 Å². The molecule has 0 bridgehead atoms. The number of phenolic OH excluding ortho intramolecular Hbond substituents is 1. The Labute approximate surface area is 122 Å². The molecule has 20 heavy (non-hydrogen) atoms. The smallest absolute Gasteiger partial charge is 0.310 e. The van der Waals surface area contributed by atoms with Gasteiger partial charge in [0.25, 0.3) is 0 Å². The number of phenols is 1. The first-order valence-corrected chi connectivity index (χ1v) is 6.65. The molecule has 4 heteroatoms. The highest BCUT2D eigenvalue weighted by Gasteiger charge is 2.20. The predicted molar refractivity (Wildman–Crippen MR) is 78.4 cm³/mol. The van der Waals surface area contributed by atoms with Crippen LogP contribution >= 0.6 is 11.6 Å². The van der Waals surface area contributed by atoms with Gasteiger partial charge in [-0.05, 0) is 30.2 Å². The Morgan fingerprint density at radius 2 is 1.90 bits per heavy atom. The van der Waals surface area contributed by atoms with E-state index in [4.69, 9.17) is 16.7 Å². The predicted octanol–water partition coefficient (Wildman–Crippen LogP) is 3.82. The monoisotopic (exact) mass is 290 g/mol. The molecule has 2 N–H and O–H groups in total. The number of carboxylic acid groups (broad SMARTS) is 1. The van der Waals surface area contributed by atoms with Crippen LogP contribution in [0.15, 0.2) is 42.5 Å². The first-order valence-electron chi connectivity index (χ1n) is 6.27. The molecule has 0 saturated heterocycles. The first-order chi connectivity index (χ1) is 9.50. The van der Waals surface area contributed by atoms with Gasteiger partial charge in [0.05, 0.1) is 5.92 Å². The second kappa shape index (κ2) is 5.97. The zero-order valence-electron chi connectivity index (χ0n) is 11.0. The number of benzene rings is 2. The summed E-state index contributed by atoms with van der Waals surface area (Å²) in [5, 5.41) is 19.8. The van der Waals surface area contributed by atoms with Crippen LogP contribution in [0, 0.1) is 0 Å². The maximum atomic E-state index is 11.2. The number of hydrogen-bond donors (Lipinski definition) is 2. The van der Waals surface area contributed by atoms with E-state index >= 15 is 0 Å². The van der Waals surface area contributed by atoms with Crippen LogP contribution in [0.25, 0.3) is 0 Å². The lowest BCUT2D eigenvalue weighted by atomic mass is 9.91. The molecule has 1 unspecified atom stereocenters. The Bertz CT molecular complexity index is 637. The molecule has 0 aliphatic carbocycles. The van der Waals surface area contributed by atoms with Gasteiger partial charge < -0.3 is 10.2 Å². The summed E-state index contributed by atoms with van der Waals surface area (Å²) in [5.74, 6) is -1.51. The van der Waals surface area contributed by atoms with E-state index in [0.29, 0.717) is 22.6 Å². The molecule has 0 amide bonds. The van der Waals surface area contributed by atoms with Crippen LogP contribution in [0.2, 0.25) is 5.02 Å². The lowest BCUT2D eigenvalue weighted by Gasteiger charge is -2.15. The maximum absolute atomic E-state index is 11.2.